The molecule has 6 nitrogen and oxygen atoms in total. The highest BCUT2D eigenvalue weighted by molar-refractivity contribution is 6.16. The van der Waals surface area contributed by atoms with Crippen LogP contribution in [-0.2, 0) is 28.7 Å². The van der Waals surface area contributed by atoms with Gasteiger partial charge in [-0.1, -0.05) is 0 Å². The Morgan fingerprint density at radius 3 is 2.07 bits per heavy atom. The van der Waals surface area contributed by atoms with Crippen molar-refractivity contribution < 1.29 is 28.7 Å². The van der Waals surface area contributed by atoms with Crippen LogP contribution in [0.5, 0.6) is 0 Å². The van der Waals surface area contributed by atoms with E-state index >= 15 is 0 Å². The summed E-state index contributed by atoms with van der Waals surface area (Å²) in [6.45, 7) is 2.12. The van der Waals surface area contributed by atoms with Gasteiger partial charge in [-0.2, -0.15) is 0 Å². The summed E-state index contributed by atoms with van der Waals surface area (Å²) in [5.74, 6) is -5.20. The molecule has 6 heteroatoms. The normalized spacial score (nSPS) is 11.3. The molecule has 1 atom stereocenters. The molecule has 0 heterocycles. The topological polar surface area (TPSA) is 94.6 Å². The molecule has 0 aliphatic carbocycles. The van der Waals surface area contributed by atoms with E-state index in [4.69, 9.17) is 0 Å². The fourth-order valence-electron chi connectivity index (χ4n) is 0.823. The SMILES string of the molecule is CC(=O)CC(=O)C(C=O)C(=O)OC(C)=O. The van der Waals surface area contributed by atoms with Crippen molar-refractivity contribution in [2.75, 3.05) is 0 Å². The van der Waals surface area contributed by atoms with Crippen LogP contribution >= 0.6 is 0 Å². The molecular weight excluding hydrogens is 204 g/mol. The van der Waals surface area contributed by atoms with Gasteiger partial charge in [0.15, 0.2) is 11.7 Å². The van der Waals surface area contributed by atoms with Crippen molar-refractivity contribution in [3.8, 4) is 0 Å². The first-order valence-corrected chi connectivity index (χ1v) is 4.08. The minimum atomic E-state index is -1.70. The van der Waals surface area contributed by atoms with Crippen molar-refractivity contribution >= 4 is 29.8 Å². The monoisotopic (exact) mass is 214 g/mol. The lowest BCUT2D eigenvalue weighted by Gasteiger charge is -2.05. The molecule has 0 aromatic carbocycles. The molecule has 82 valence electrons. The van der Waals surface area contributed by atoms with Crippen molar-refractivity contribution in [2.24, 2.45) is 5.92 Å². The zero-order chi connectivity index (χ0) is 12.0. The van der Waals surface area contributed by atoms with E-state index in [2.05, 4.69) is 4.74 Å². The van der Waals surface area contributed by atoms with Crippen LogP contribution in [0.3, 0.4) is 0 Å². The van der Waals surface area contributed by atoms with E-state index in [-0.39, 0.29) is 6.29 Å². The fraction of sp³-hybridized carbons (Fsp3) is 0.444. The average molecular weight is 214 g/mol. The van der Waals surface area contributed by atoms with Gasteiger partial charge in [0.25, 0.3) is 0 Å². The molecule has 0 rings (SSSR count). The van der Waals surface area contributed by atoms with E-state index in [0.717, 1.165) is 13.8 Å². The van der Waals surface area contributed by atoms with Crippen LogP contribution in [-0.4, -0.2) is 29.8 Å². The van der Waals surface area contributed by atoms with Crippen LogP contribution in [0.2, 0.25) is 0 Å². The Hall–Kier alpha value is -1.85. The minimum Gasteiger partial charge on any atom is -0.392 e. The highest BCUT2D eigenvalue weighted by Crippen LogP contribution is 2.03. The number of Topliss-reactive ketones (excluding diaryl/α,β-unsaturated/α-hetero) is 2. The maximum Gasteiger partial charge on any atom is 0.331 e. The van der Waals surface area contributed by atoms with Crippen molar-refractivity contribution in [3.63, 3.8) is 0 Å². The summed E-state index contributed by atoms with van der Waals surface area (Å²) in [5, 5.41) is 0. The molecular formula is C9H10O6. The van der Waals surface area contributed by atoms with Crippen molar-refractivity contribution in [1.29, 1.82) is 0 Å². The van der Waals surface area contributed by atoms with Gasteiger partial charge in [-0.25, -0.2) is 0 Å². The van der Waals surface area contributed by atoms with Crippen LogP contribution in [0.4, 0.5) is 0 Å². The number of hydrogen-bond acceptors (Lipinski definition) is 6. The van der Waals surface area contributed by atoms with Gasteiger partial charge in [0.2, 0.25) is 0 Å². The van der Waals surface area contributed by atoms with Gasteiger partial charge in [0.1, 0.15) is 12.1 Å². The Morgan fingerprint density at radius 2 is 1.73 bits per heavy atom. The summed E-state index contributed by atoms with van der Waals surface area (Å²) in [6, 6.07) is 0. The Balaban J connectivity index is 4.54. The standard InChI is InChI=1S/C9H10O6/c1-5(11)3-8(13)7(4-10)9(14)15-6(2)12/h4,7H,3H2,1-2H3. The van der Waals surface area contributed by atoms with Crippen LogP contribution < -0.4 is 0 Å². The van der Waals surface area contributed by atoms with E-state index in [1.54, 1.807) is 0 Å². The van der Waals surface area contributed by atoms with Gasteiger partial charge in [0, 0.05) is 6.92 Å². The zero-order valence-corrected chi connectivity index (χ0v) is 8.31. The van der Waals surface area contributed by atoms with Gasteiger partial charge >= 0.3 is 11.9 Å². The van der Waals surface area contributed by atoms with Crippen LogP contribution in [0.15, 0.2) is 0 Å². The second kappa shape index (κ2) is 5.79. The number of esters is 2. The zero-order valence-electron chi connectivity index (χ0n) is 8.31. The van der Waals surface area contributed by atoms with E-state index in [1.807, 2.05) is 0 Å². The summed E-state index contributed by atoms with van der Waals surface area (Å²) < 4.78 is 4.06. The molecule has 0 saturated carbocycles. The van der Waals surface area contributed by atoms with Gasteiger partial charge in [0.05, 0.1) is 6.42 Å². The molecule has 0 aliphatic heterocycles. The van der Waals surface area contributed by atoms with Crippen molar-refractivity contribution in [2.45, 2.75) is 20.3 Å². The van der Waals surface area contributed by atoms with E-state index < -0.39 is 35.8 Å². The summed E-state index contributed by atoms with van der Waals surface area (Å²) in [4.78, 5) is 53.5. The summed E-state index contributed by atoms with van der Waals surface area (Å²) in [7, 11) is 0. The maximum absolute atomic E-state index is 11.1. The Labute approximate surface area is 85.6 Å². The average Bonchev–Trinajstić information content (AvgIpc) is 2.01. The summed E-state index contributed by atoms with van der Waals surface area (Å²) in [5.41, 5.74) is 0. The van der Waals surface area contributed by atoms with Gasteiger partial charge in [-0.05, 0) is 6.92 Å². The molecule has 0 aromatic heterocycles. The number of hydrogen-bond donors (Lipinski definition) is 0. The van der Waals surface area contributed by atoms with E-state index in [1.165, 1.54) is 0 Å². The van der Waals surface area contributed by atoms with E-state index in [9.17, 15) is 24.0 Å². The largest absolute Gasteiger partial charge is 0.392 e. The quantitative estimate of drug-likeness (QED) is 0.346. The second-order valence-electron chi connectivity index (χ2n) is 2.87. The summed E-state index contributed by atoms with van der Waals surface area (Å²) >= 11 is 0. The lowest BCUT2D eigenvalue weighted by atomic mass is 10.0. The van der Waals surface area contributed by atoms with Crippen LogP contribution in [0.1, 0.15) is 20.3 Å². The Bertz CT molecular complexity index is 289. The molecule has 0 spiro atoms. The van der Waals surface area contributed by atoms with Gasteiger partial charge in [-0.3, -0.25) is 19.2 Å². The lowest BCUT2D eigenvalue weighted by molar-refractivity contribution is -0.162. The Morgan fingerprint density at radius 1 is 1.20 bits per heavy atom. The van der Waals surface area contributed by atoms with Crippen LogP contribution in [0.25, 0.3) is 0 Å². The smallest absolute Gasteiger partial charge is 0.331 e. The molecule has 0 amide bonds. The number of carbonyl (C=O) groups is 5. The van der Waals surface area contributed by atoms with E-state index in [0.29, 0.717) is 0 Å². The fourth-order valence-corrected chi connectivity index (χ4v) is 0.823. The molecule has 0 saturated heterocycles. The molecule has 0 radical (unpaired) electrons. The first-order chi connectivity index (χ1) is 6.88. The molecule has 0 aliphatic rings. The van der Waals surface area contributed by atoms with Crippen molar-refractivity contribution in [3.05, 3.63) is 0 Å². The van der Waals surface area contributed by atoms with Crippen molar-refractivity contribution in [1.82, 2.24) is 0 Å². The Kier molecular flexibility index (Phi) is 5.08. The number of carbonyl (C=O) groups excluding carboxylic acids is 5. The molecule has 0 aromatic rings. The third-order valence-corrected chi connectivity index (χ3v) is 1.40. The highest BCUT2D eigenvalue weighted by Gasteiger charge is 2.29. The maximum atomic E-state index is 11.1. The number of ether oxygens (including phenoxy) is 1. The number of rotatable bonds is 5. The molecule has 0 N–H and O–H groups in total. The first-order valence-electron chi connectivity index (χ1n) is 4.08. The number of ketones is 2. The van der Waals surface area contributed by atoms with Gasteiger partial charge in [-0.15, -0.1) is 0 Å². The molecule has 0 fully saturated rings. The predicted molar refractivity (Wildman–Crippen MR) is 46.6 cm³/mol. The number of aldehydes is 1. The lowest BCUT2D eigenvalue weighted by Crippen LogP contribution is -2.29. The second-order valence-corrected chi connectivity index (χ2v) is 2.87. The first kappa shape index (κ1) is 13.2. The molecule has 1 unspecified atom stereocenters. The van der Waals surface area contributed by atoms with Gasteiger partial charge < -0.3 is 9.53 Å². The highest BCUT2D eigenvalue weighted by atomic mass is 16.6. The molecule has 0 bridgehead atoms. The summed E-state index contributed by atoms with van der Waals surface area (Å²) in [6.07, 6.45) is -0.479. The minimum absolute atomic E-state index is 0.0521. The third-order valence-electron chi connectivity index (χ3n) is 1.40. The molecule has 15 heavy (non-hydrogen) atoms. The third kappa shape index (κ3) is 4.80. The van der Waals surface area contributed by atoms with Crippen LogP contribution in [0, 0.1) is 5.92 Å². The predicted octanol–water partition coefficient (Wildman–Crippen LogP) is -0.561.